The molecule has 0 aliphatic carbocycles. The average molecular weight is 352 g/mol. The number of benzene rings is 1. The van der Waals surface area contributed by atoms with Gasteiger partial charge < -0.3 is 19.7 Å². The summed E-state index contributed by atoms with van der Waals surface area (Å²) >= 11 is 0. The van der Waals surface area contributed by atoms with E-state index in [0.29, 0.717) is 6.04 Å². The van der Waals surface area contributed by atoms with E-state index >= 15 is 0 Å². The first-order valence-electron chi connectivity index (χ1n) is 8.83. The van der Waals surface area contributed by atoms with Gasteiger partial charge >= 0.3 is 0 Å². The molecule has 0 bridgehead atoms. The smallest absolute Gasteiger partial charge is 0.231 e. The van der Waals surface area contributed by atoms with Crippen LogP contribution in [-0.2, 0) is 0 Å². The highest BCUT2D eigenvalue weighted by molar-refractivity contribution is 5.89. The lowest BCUT2D eigenvalue weighted by molar-refractivity contribution is 0.174. The van der Waals surface area contributed by atoms with Crippen molar-refractivity contribution >= 4 is 22.5 Å². The first kappa shape index (κ1) is 15.4. The molecule has 3 aromatic rings. The Bertz CT molecular complexity index is 950. The van der Waals surface area contributed by atoms with Crippen LogP contribution in [0.4, 0.5) is 11.5 Å². The molecular formula is C18H20N6O2. The lowest BCUT2D eigenvalue weighted by Crippen LogP contribution is -2.29. The Morgan fingerprint density at radius 2 is 2.00 bits per heavy atom. The lowest BCUT2D eigenvalue weighted by Gasteiger charge is -2.23. The molecule has 0 spiro atoms. The molecule has 8 heteroatoms. The molecule has 1 fully saturated rings. The molecule has 2 aromatic heterocycles. The Kier molecular flexibility index (Phi) is 3.63. The van der Waals surface area contributed by atoms with Crippen LogP contribution in [0.2, 0.25) is 0 Å². The van der Waals surface area contributed by atoms with Crippen molar-refractivity contribution < 1.29 is 9.47 Å². The molecular weight excluding hydrogens is 332 g/mol. The number of fused-ring (bicyclic) bond motifs is 2. The van der Waals surface area contributed by atoms with Crippen LogP contribution in [0.5, 0.6) is 11.5 Å². The molecule has 0 amide bonds. The minimum atomic E-state index is 0.267. The summed E-state index contributed by atoms with van der Waals surface area (Å²) in [6.07, 6.45) is 5.61. The van der Waals surface area contributed by atoms with Crippen LogP contribution in [0.1, 0.15) is 18.9 Å². The third-order valence-electron chi connectivity index (χ3n) is 5.09. The van der Waals surface area contributed by atoms with Gasteiger partial charge in [0.25, 0.3) is 0 Å². The van der Waals surface area contributed by atoms with Gasteiger partial charge in [-0.05, 0) is 38.1 Å². The molecule has 1 aromatic carbocycles. The standard InChI is InChI=1S/C18H20N6O2/c1-23(13-2-3-15-16(8-13)26-11-25-15)17-14-9-22-24(18(14)21-10-20-17)12-4-6-19-7-5-12/h2-3,8-10,12,19H,4-7,11H2,1H3. The van der Waals surface area contributed by atoms with E-state index < -0.39 is 0 Å². The number of hydrogen-bond acceptors (Lipinski definition) is 7. The number of rotatable bonds is 3. The molecule has 2 aliphatic rings. The van der Waals surface area contributed by atoms with Gasteiger partial charge in [-0.3, -0.25) is 0 Å². The largest absolute Gasteiger partial charge is 0.454 e. The fourth-order valence-corrected chi connectivity index (χ4v) is 3.65. The number of nitrogens with zero attached hydrogens (tertiary/aromatic N) is 5. The summed E-state index contributed by atoms with van der Waals surface area (Å²) in [5.74, 6) is 2.35. The number of nitrogens with one attached hydrogen (secondary N) is 1. The average Bonchev–Trinajstić information content (AvgIpc) is 3.34. The quantitative estimate of drug-likeness (QED) is 0.774. The van der Waals surface area contributed by atoms with Crippen molar-refractivity contribution in [1.82, 2.24) is 25.1 Å². The number of ether oxygens (including phenoxy) is 2. The lowest BCUT2D eigenvalue weighted by atomic mass is 10.1. The second kappa shape index (κ2) is 6.14. The maximum Gasteiger partial charge on any atom is 0.231 e. The minimum absolute atomic E-state index is 0.267. The molecule has 0 unspecified atom stereocenters. The van der Waals surface area contributed by atoms with E-state index in [0.717, 1.165) is 60.0 Å². The topological polar surface area (TPSA) is 77.3 Å². The number of piperidine rings is 1. The number of aromatic nitrogens is 4. The van der Waals surface area contributed by atoms with Gasteiger partial charge in [-0.25, -0.2) is 14.6 Å². The first-order valence-corrected chi connectivity index (χ1v) is 8.83. The highest BCUT2D eigenvalue weighted by atomic mass is 16.7. The van der Waals surface area contributed by atoms with Gasteiger partial charge in [0.2, 0.25) is 6.79 Å². The number of anilines is 2. The maximum atomic E-state index is 5.49. The van der Waals surface area contributed by atoms with Crippen molar-refractivity contribution in [2.45, 2.75) is 18.9 Å². The summed E-state index contributed by atoms with van der Waals surface area (Å²) in [7, 11) is 1.99. The third-order valence-corrected chi connectivity index (χ3v) is 5.09. The van der Waals surface area contributed by atoms with Crippen LogP contribution in [0.3, 0.4) is 0 Å². The monoisotopic (exact) mass is 352 g/mol. The van der Waals surface area contributed by atoms with Crippen molar-refractivity contribution in [3.05, 3.63) is 30.7 Å². The van der Waals surface area contributed by atoms with E-state index in [9.17, 15) is 0 Å². The van der Waals surface area contributed by atoms with Crippen LogP contribution in [-0.4, -0.2) is 46.7 Å². The van der Waals surface area contributed by atoms with Crippen molar-refractivity contribution in [3.63, 3.8) is 0 Å². The Morgan fingerprint density at radius 1 is 1.15 bits per heavy atom. The van der Waals surface area contributed by atoms with E-state index in [2.05, 4.69) is 25.1 Å². The number of hydrogen-bond donors (Lipinski definition) is 1. The molecule has 0 saturated carbocycles. The van der Waals surface area contributed by atoms with Crippen molar-refractivity contribution in [3.8, 4) is 11.5 Å². The van der Waals surface area contributed by atoms with Crippen LogP contribution >= 0.6 is 0 Å². The molecule has 8 nitrogen and oxygen atoms in total. The third kappa shape index (κ3) is 2.45. The second-order valence-electron chi connectivity index (χ2n) is 6.60. The van der Waals surface area contributed by atoms with Gasteiger partial charge in [-0.15, -0.1) is 0 Å². The summed E-state index contributed by atoms with van der Waals surface area (Å²) in [4.78, 5) is 11.0. The van der Waals surface area contributed by atoms with Gasteiger partial charge in [-0.2, -0.15) is 5.10 Å². The Morgan fingerprint density at radius 3 is 2.88 bits per heavy atom. The van der Waals surface area contributed by atoms with Gasteiger partial charge in [0, 0.05) is 18.8 Å². The second-order valence-corrected chi connectivity index (χ2v) is 6.60. The summed E-state index contributed by atoms with van der Waals surface area (Å²) in [5.41, 5.74) is 1.86. The van der Waals surface area contributed by atoms with Gasteiger partial charge in [0.05, 0.1) is 17.6 Å². The summed E-state index contributed by atoms with van der Waals surface area (Å²) in [6, 6.07) is 6.27. The molecule has 134 valence electrons. The zero-order chi connectivity index (χ0) is 17.5. The van der Waals surface area contributed by atoms with Crippen molar-refractivity contribution in [1.29, 1.82) is 0 Å². The van der Waals surface area contributed by atoms with E-state index in [4.69, 9.17) is 9.47 Å². The molecule has 26 heavy (non-hydrogen) atoms. The van der Waals surface area contributed by atoms with E-state index in [1.807, 2.05) is 36.3 Å². The molecule has 4 heterocycles. The fourth-order valence-electron chi connectivity index (χ4n) is 3.65. The van der Waals surface area contributed by atoms with Crippen molar-refractivity contribution in [2.24, 2.45) is 0 Å². The Labute approximate surface area is 150 Å². The van der Waals surface area contributed by atoms with E-state index in [1.54, 1.807) is 6.33 Å². The van der Waals surface area contributed by atoms with E-state index in [1.165, 1.54) is 0 Å². The molecule has 5 rings (SSSR count). The predicted molar refractivity (Wildman–Crippen MR) is 97.1 cm³/mol. The van der Waals surface area contributed by atoms with Crippen LogP contribution in [0.15, 0.2) is 30.7 Å². The summed E-state index contributed by atoms with van der Waals surface area (Å²) in [6.45, 7) is 2.30. The summed E-state index contributed by atoms with van der Waals surface area (Å²) < 4.78 is 12.9. The first-order chi connectivity index (χ1) is 12.8. The van der Waals surface area contributed by atoms with Gasteiger partial charge in [-0.1, -0.05) is 0 Å². The van der Waals surface area contributed by atoms with Gasteiger partial charge in [0.15, 0.2) is 17.1 Å². The highest BCUT2D eigenvalue weighted by Crippen LogP contribution is 2.38. The highest BCUT2D eigenvalue weighted by Gasteiger charge is 2.22. The van der Waals surface area contributed by atoms with Crippen LogP contribution < -0.4 is 19.7 Å². The van der Waals surface area contributed by atoms with Crippen LogP contribution in [0, 0.1) is 0 Å². The normalized spacial score (nSPS) is 17.0. The maximum absolute atomic E-state index is 5.49. The molecule has 0 radical (unpaired) electrons. The predicted octanol–water partition coefficient (Wildman–Crippen LogP) is 2.25. The molecule has 0 atom stereocenters. The summed E-state index contributed by atoms with van der Waals surface area (Å²) in [5, 5.41) is 8.97. The van der Waals surface area contributed by atoms with Gasteiger partial charge in [0.1, 0.15) is 12.1 Å². The minimum Gasteiger partial charge on any atom is -0.454 e. The fraction of sp³-hybridized carbons (Fsp3) is 0.389. The SMILES string of the molecule is CN(c1ccc2c(c1)OCO2)c1ncnc2c1cnn2C1CCNCC1. The van der Waals surface area contributed by atoms with Crippen LogP contribution in [0.25, 0.3) is 11.0 Å². The zero-order valence-corrected chi connectivity index (χ0v) is 14.6. The molecule has 2 aliphatic heterocycles. The Balaban J connectivity index is 1.53. The van der Waals surface area contributed by atoms with Crippen molar-refractivity contribution in [2.75, 3.05) is 31.8 Å². The zero-order valence-electron chi connectivity index (χ0n) is 14.6. The van der Waals surface area contributed by atoms with E-state index in [-0.39, 0.29) is 6.79 Å². The Hall–Kier alpha value is -2.87. The molecule has 1 N–H and O–H groups in total. The molecule has 1 saturated heterocycles.